The number of anilines is 1. The average molecular weight is 369 g/mol. The van der Waals surface area contributed by atoms with Crippen molar-refractivity contribution in [1.82, 2.24) is 4.90 Å². The molecule has 146 valence electrons. The van der Waals surface area contributed by atoms with Gasteiger partial charge in [0.2, 0.25) is 0 Å². The lowest BCUT2D eigenvalue weighted by atomic mass is 9.78. The van der Waals surface area contributed by atoms with Crippen LogP contribution in [0.2, 0.25) is 0 Å². The van der Waals surface area contributed by atoms with E-state index in [1.54, 1.807) is 11.9 Å². The van der Waals surface area contributed by atoms with Crippen molar-refractivity contribution in [3.8, 4) is 0 Å². The first kappa shape index (κ1) is 19.9. The van der Waals surface area contributed by atoms with E-state index in [4.69, 9.17) is 4.74 Å². The van der Waals surface area contributed by atoms with Gasteiger partial charge in [0.1, 0.15) is 17.1 Å². The van der Waals surface area contributed by atoms with Crippen LogP contribution in [0.25, 0.3) is 0 Å². The number of benzene rings is 1. The van der Waals surface area contributed by atoms with Gasteiger partial charge in [-0.25, -0.2) is 9.18 Å². The van der Waals surface area contributed by atoms with Gasteiger partial charge in [-0.2, -0.15) is 0 Å². The number of carbonyl (C=O) groups excluding carboxylic acids is 1. The molecule has 0 radical (unpaired) electrons. The van der Waals surface area contributed by atoms with Gasteiger partial charge in [-0.05, 0) is 58.1 Å². The molecule has 1 amide bonds. The van der Waals surface area contributed by atoms with Crippen LogP contribution < -0.4 is 5.32 Å². The van der Waals surface area contributed by atoms with Crippen LogP contribution in [0.3, 0.4) is 0 Å². The molecule has 1 N–H and O–H groups in total. The quantitative estimate of drug-likeness (QED) is 0.592. The fraction of sp³-hybridized carbons (Fsp3) is 0.611. The van der Waals surface area contributed by atoms with E-state index in [-0.39, 0.29) is 19.2 Å². The summed E-state index contributed by atoms with van der Waals surface area (Å²) < 4.78 is 18.5. The number of carbonyl (C=O) groups is 1. The molecular formula is C18H28FN3O4. The van der Waals surface area contributed by atoms with Crippen molar-refractivity contribution in [2.75, 3.05) is 18.9 Å². The second-order valence-electron chi connectivity index (χ2n) is 7.79. The Kier molecular flexibility index (Phi) is 6.05. The molecule has 1 aliphatic carbocycles. The SMILES string of the molecule is CN(CCC1CC(Nc2ccc(F)cc2[N+](=O)[O-])C1)C(=O)OC(C)(C)C.[HH]. The van der Waals surface area contributed by atoms with E-state index >= 15 is 0 Å². The molecule has 1 saturated carbocycles. The third kappa shape index (κ3) is 5.57. The van der Waals surface area contributed by atoms with Gasteiger partial charge in [0.05, 0.1) is 11.0 Å². The van der Waals surface area contributed by atoms with E-state index < -0.39 is 16.3 Å². The van der Waals surface area contributed by atoms with E-state index in [1.165, 1.54) is 12.1 Å². The summed E-state index contributed by atoms with van der Waals surface area (Å²) >= 11 is 0. The summed E-state index contributed by atoms with van der Waals surface area (Å²) in [6.45, 7) is 6.09. The highest BCUT2D eigenvalue weighted by Gasteiger charge is 2.31. The van der Waals surface area contributed by atoms with Crippen molar-refractivity contribution in [2.45, 2.75) is 51.7 Å². The lowest BCUT2D eigenvalue weighted by molar-refractivity contribution is -0.384. The third-order valence-electron chi connectivity index (χ3n) is 4.33. The van der Waals surface area contributed by atoms with Gasteiger partial charge in [-0.15, -0.1) is 0 Å². The van der Waals surface area contributed by atoms with E-state index in [0.29, 0.717) is 18.2 Å². The van der Waals surface area contributed by atoms with Crippen LogP contribution in [0.5, 0.6) is 0 Å². The standard InChI is InChI=1S/C18H26FN3O4.H2/c1-18(2,3)26-17(23)21(4)8-7-12-9-14(10-12)20-15-6-5-13(19)11-16(15)22(24)25;/h5-6,11-12,14,20H,7-10H2,1-4H3;1H. The van der Waals surface area contributed by atoms with Gasteiger partial charge in [-0.3, -0.25) is 10.1 Å². The smallest absolute Gasteiger partial charge is 0.410 e. The Morgan fingerprint density at radius 1 is 1.46 bits per heavy atom. The first-order valence-corrected chi connectivity index (χ1v) is 8.70. The van der Waals surface area contributed by atoms with E-state index in [0.717, 1.165) is 25.3 Å². The molecule has 0 unspecified atom stereocenters. The summed E-state index contributed by atoms with van der Waals surface area (Å²) in [6, 6.07) is 3.66. The molecule has 0 aliphatic heterocycles. The summed E-state index contributed by atoms with van der Waals surface area (Å²) in [5.41, 5.74) is -0.426. The number of nitro groups is 1. The Bertz CT molecular complexity index is 675. The first-order valence-electron chi connectivity index (χ1n) is 8.70. The molecular weight excluding hydrogens is 341 g/mol. The minimum absolute atomic E-state index is 0. The molecule has 0 heterocycles. The van der Waals surface area contributed by atoms with Gasteiger partial charge in [0.15, 0.2) is 0 Å². The minimum atomic E-state index is -0.626. The zero-order valence-electron chi connectivity index (χ0n) is 15.6. The van der Waals surface area contributed by atoms with Crippen LogP contribution in [0.1, 0.15) is 41.5 Å². The predicted octanol–water partition coefficient (Wildman–Crippen LogP) is 4.43. The maximum absolute atomic E-state index is 13.2. The van der Waals surface area contributed by atoms with Crippen LogP contribution in [0.15, 0.2) is 18.2 Å². The molecule has 0 atom stereocenters. The maximum atomic E-state index is 13.2. The lowest BCUT2D eigenvalue weighted by Crippen LogP contribution is -2.39. The average Bonchev–Trinajstić information content (AvgIpc) is 2.48. The van der Waals surface area contributed by atoms with Crippen molar-refractivity contribution in [2.24, 2.45) is 5.92 Å². The number of ether oxygens (including phenoxy) is 1. The van der Waals surface area contributed by atoms with Gasteiger partial charge >= 0.3 is 6.09 Å². The number of nitrogens with one attached hydrogen (secondary N) is 1. The Balaban J connectivity index is 0.00000364. The highest BCUT2D eigenvalue weighted by molar-refractivity contribution is 5.67. The van der Waals surface area contributed by atoms with Crippen LogP contribution in [0.4, 0.5) is 20.6 Å². The molecule has 1 aromatic carbocycles. The number of hydrogen-bond acceptors (Lipinski definition) is 5. The largest absolute Gasteiger partial charge is 0.444 e. The van der Waals surface area contributed by atoms with Gasteiger partial charge in [0, 0.05) is 21.1 Å². The molecule has 26 heavy (non-hydrogen) atoms. The molecule has 0 saturated heterocycles. The molecule has 1 aliphatic rings. The Labute approximate surface area is 154 Å². The highest BCUT2D eigenvalue weighted by atomic mass is 19.1. The summed E-state index contributed by atoms with van der Waals surface area (Å²) in [6.07, 6.45) is 2.22. The second kappa shape index (κ2) is 7.88. The highest BCUT2D eigenvalue weighted by Crippen LogP contribution is 2.35. The zero-order chi connectivity index (χ0) is 19.5. The van der Waals surface area contributed by atoms with E-state index in [9.17, 15) is 19.3 Å². The van der Waals surface area contributed by atoms with E-state index in [1.807, 2.05) is 20.8 Å². The van der Waals surface area contributed by atoms with Gasteiger partial charge < -0.3 is 15.0 Å². The first-order chi connectivity index (χ1) is 12.0. The molecule has 8 heteroatoms. The van der Waals surface area contributed by atoms with Gasteiger partial charge in [-0.1, -0.05) is 0 Å². The van der Waals surface area contributed by atoms with Crippen LogP contribution >= 0.6 is 0 Å². The summed E-state index contributed by atoms with van der Waals surface area (Å²) in [5, 5.41) is 14.1. The number of hydrogen-bond donors (Lipinski definition) is 1. The molecule has 0 aromatic heterocycles. The van der Waals surface area contributed by atoms with Gasteiger partial charge in [0.25, 0.3) is 5.69 Å². The second-order valence-corrected chi connectivity index (χ2v) is 7.79. The molecule has 0 bridgehead atoms. The summed E-state index contributed by atoms with van der Waals surface area (Å²) in [7, 11) is 1.71. The van der Waals surface area contributed by atoms with Crippen molar-refractivity contribution < 1.29 is 20.3 Å². The third-order valence-corrected chi connectivity index (χ3v) is 4.33. The Morgan fingerprint density at radius 2 is 2.12 bits per heavy atom. The molecule has 1 aromatic rings. The predicted molar refractivity (Wildman–Crippen MR) is 98.8 cm³/mol. The van der Waals surface area contributed by atoms with Crippen LogP contribution in [-0.4, -0.2) is 41.2 Å². The van der Waals surface area contributed by atoms with E-state index in [2.05, 4.69) is 5.32 Å². The van der Waals surface area contributed by atoms with Crippen LogP contribution in [-0.2, 0) is 4.74 Å². The molecule has 0 spiro atoms. The van der Waals surface area contributed by atoms with Crippen molar-refractivity contribution in [1.29, 1.82) is 0 Å². The number of amides is 1. The monoisotopic (exact) mass is 369 g/mol. The maximum Gasteiger partial charge on any atom is 0.410 e. The van der Waals surface area contributed by atoms with Crippen molar-refractivity contribution in [3.63, 3.8) is 0 Å². The fourth-order valence-corrected chi connectivity index (χ4v) is 2.89. The van der Waals surface area contributed by atoms with Crippen molar-refractivity contribution >= 4 is 17.5 Å². The Morgan fingerprint density at radius 3 is 2.69 bits per heavy atom. The lowest BCUT2D eigenvalue weighted by Gasteiger charge is -2.37. The normalized spacial score (nSPS) is 19.4. The Hall–Kier alpha value is -2.38. The minimum Gasteiger partial charge on any atom is -0.444 e. The van der Waals surface area contributed by atoms with Crippen molar-refractivity contribution in [3.05, 3.63) is 34.1 Å². The summed E-state index contributed by atoms with van der Waals surface area (Å²) in [5.74, 6) is -0.184. The number of halogens is 1. The number of rotatable bonds is 6. The summed E-state index contributed by atoms with van der Waals surface area (Å²) in [4.78, 5) is 23.9. The topological polar surface area (TPSA) is 84.7 Å². The molecule has 7 nitrogen and oxygen atoms in total. The number of nitrogens with zero attached hydrogens (tertiary/aromatic N) is 2. The fourth-order valence-electron chi connectivity index (χ4n) is 2.89. The van der Waals surface area contributed by atoms with Crippen LogP contribution in [0, 0.1) is 21.8 Å². The molecule has 2 rings (SSSR count). The number of nitro benzene ring substituents is 1. The molecule has 1 fully saturated rings. The zero-order valence-corrected chi connectivity index (χ0v) is 15.6.